The van der Waals surface area contributed by atoms with Gasteiger partial charge in [-0.1, -0.05) is 26.7 Å². The first-order valence-electron chi connectivity index (χ1n) is 12.9. The molecule has 2 aliphatic heterocycles. The molecule has 8 heteroatoms. The molecule has 2 aromatic heterocycles. The molecule has 4 heterocycles. The highest BCUT2D eigenvalue weighted by atomic mass is 32.1. The number of rotatable bonds is 8. The van der Waals surface area contributed by atoms with Gasteiger partial charge in [-0.15, -0.1) is 21.5 Å². The summed E-state index contributed by atoms with van der Waals surface area (Å²) in [5, 5.41) is 15.3. The Morgan fingerprint density at radius 2 is 1.85 bits per heavy atom. The van der Waals surface area contributed by atoms with Gasteiger partial charge in [0.05, 0.1) is 6.04 Å². The molecule has 3 aliphatic rings. The molecule has 1 aliphatic carbocycles. The molecule has 0 spiro atoms. The first kappa shape index (κ1) is 23.0. The minimum Gasteiger partial charge on any atom is -0.347 e. The molecule has 7 nitrogen and oxygen atoms in total. The lowest BCUT2D eigenvalue weighted by molar-refractivity contribution is -0.125. The topological polar surface area (TPSA) is 75.9 Å². The fraction of sp³-hybridized carbons (Fsp3) is 0.760. The van der Waals surface area contributed by atoms with Crippen molar-refractivity contribution in [2.24, 2.45) is 5.92 Å². The van der Waals surface area contributed by atoms with Crippen molar-refractivity contribution in [3.05, 3.63) is 28.2 Å². The van der Waals surface area contributed by atoms with Crippen LogP contribution in [0.5, 0.6) is 0 Å². The number of carbonyl (C=O) groups excluding carboxylic acids is 1. The van der Waals surface area contributed by atoms with Crippen molar-refractivity contribution >= 4 is 17.2 Å². The Morgan fingerprint density at radius 3 is 2.48 bits per heavy atom. The summed E-state index contributed by atoms with van der Waals surface area (Å²) in [6.07, 6.45) is 12.1. The molecular weight excluding hydrogens is 432 g/mol. The van der Waals surface area contributed by atoms with Gasteiger partial charge in [-0.25, -0.2) is 4.98 Å². The largest absolute Gasteiger partial charge is 0.347 e. The average Bonchev–Trinajstić information content (AvgIpc) is 3.59. The van der Waals surface area contributed by atoms with Gasteiger partial charge in [0.2, 0.25) is 5.91 Å². The quantitative estimate of drug-likeness (QED) is 0.601. The van der Waals surface area contributed by atoms with Crippen LogP contribution in [0.15, 0.2) is 11.6 Å². The number of hydrogen-bond acceptors (Lipinski definition) is 6. The van der Waals surface area contributed by atoms with Gasteiger partial charge in [0.15, 0.2) is 0 Å². The van der Waals surface area contributed by atoms with Crippen molar-refractivity contribution in [2.45, 2.75) is 109 Å². The zero-order valence-electron chi connectivity index (χ0n) is 20.2. The van der Waals surface area contributed by atoms with Crippen LogP contribution in [0.1, 0.15) is 106 Å². The first-order chi connectivity index (χ1) is 16.0. The number of nitrogens with one attached hydrogen (secondary N) is 1. The van der Waals surface area contributed by atoms with E-state index >= 15 is 0 Å². The highest BCUT2D eigenvalue weighted by Gasteiger charge is 2.42. The van der Waals surface area contributed by atoms with Crippen molar-refractivity contribution < 1.29 is 4.79 Å². The second kappa shape index (κ2) is 9.82. The number of nitrogens with zero attached hydrogens (tertiary/aromatic N) is 5. The molecule has 1 saturated carbocycles. The molecule has 1 N–H and O–H groups in total. The Bertz CT molecular complexity index is 921. The fourth-order valence-electron chi connectivity index (χ4n) is 6.47. The standard InChI is InChI=1S/C25H38N6OS/c1-16(2)23-29-28-17(3)31(23)21-14-19-8-9-20(15-21)30(19)12-10-22(25-26-11-13-33-25)27-24(32)18-6-4-5-7-18/h11,13,16,18-22H,4-10,12,14-15H2,1-3H3,(H,27,32)/t19-,20-,22-/m0/s1. The third-order valence-corrected chi connectivity index (χ3v) is 8.99. The highest BCUT2D eigenvalue weighted by Crippen LogP contribution is 2.42. The molecule has 3 atom stereocenters. The zero-order valence-corrected chi connectivity index (χ0v) is 21.1. The van der Waals surface area contributed by atoms with E-state index in [1.54, 1.807) is 11.3 Å². The molecule has 2 bridgehead atoms. The summed E-state index contributed by atoms with van der Waals surface area (Å²) >= 11 is 1.66. The molecule has 3 fully saturated rings. The summed E-state index contributed by atoms with van der Waals surface area (Å²) in [7, 11) is 0. The van der Waals surface area contributed by atoms with Crippen LogP contribution in [-0.2, 0) is 4.79 Å². The van der Waals surface area contributed by atoms with Gasteiger partial charge in [-0.05, 0) is 51.9 Å². The second-order valence-electron chi connectivity index (χ2n) is 10.6. The number of hydrogen-bond donors (Lipinski definition) is 1. The number of carbonyl (C=O) groups is 1. The number of aromatic nitrogens is 4. The molecule has 2 saturated heterocycles. The lowest BCUT2D eigenvalue weighted by Crippen LogP contribution is -2.45. The Kier molecular flexibility index (Phi) is 6.84. The lowest BCUT2D eigenvalue weighted by Gasteiger charge is -2.40. The predicted octanol–water partition coefficient (Wildman–Crippen LogP) is 4.77. The molecule has 1 amide bonds. The van der Waals surface area contributed by atoms with Crippen LogP contribution < -0.4 is 5.32 Å². The lowest BCUT2D eigenvalue weighted by atomic mass is 9.95. The van der Waals surface area contributed by atoms with E-state index < -0.39 is 0 Å². The molecule has 33 heavy (non-hydrogen) atoms. The zero-order chi connectivity index (χ0) is 22.9. The summed E-state index contributed by atoms with van der Waals surface area (Å²) in [5.74, 6) is 3.00. The first-order valence-corrected chi connectivity index (χ1v) is 13.8. The van der Waals surface area contributed by atoms with E-state index in [2.05, 4.69) is 50.7 Å². The van der Waals surface area contributed by atoms with E-state index in [0.29, 0.717) is 24.0 Å². The number of piperidine rings is 1. The van der Waals surface area contributed by atoms with E-state index in [0.717, 1.165) is 42.5 Å². The normalized spacial score (nSPS) is 26.8. The van der Waals surface area contributed by atoms with Gasteiger partial charge in [0.1, 0.15) is 16.7 Å². The van der Waals surface area contributed by atoms with Crippen LogP contribution in [0.25, 0.3) is 0 Å². The van der Waals surface area contributed by atoms with Crippen LogP contribution in [0.2, 0.25) is 0 Å². The Hall–Kier alpha value is -1.80. The van der Waals surface area contributed by atoms with Crippen LogP contribution in [0.3, 0.4) is 0 Å². The highest BCUT2D eigenvalue weighted by molar-refractivity contribution is 7.09. The van der Waals surface area contributed by atoms with Crippen molar-refractivity contribution in [1.29, 1.82) is 0 Å². The van der Waals surface area contributed by atoms with Crippen LogP contribution in [0.4, 0.5) is 0 Å². The van der Waals surface area contributed by atoms with Gasteiger partial charge in [0, 0.05) is 48.1 Å². The SMILES string of the molecule is Cc1nnc(C(C)C)n1C1C[C@@H]2CC[C@@H](C1)N2CC[C@H](NC(=O)C1CCCC1)c1nccs1. The monoisotopic (exact) mass is 470 g/mol. The maximum absolute atomic E-state index is 12.9. The maximum Gasteiger partial charge on any atom is 0.223 e. The van der Waals surface area contributed by atoms with E-state index in [1.807, 2.05) is 11.6 Å². The van der Waals surface area contributed by atoms with Crippen molar-refractivity contribution in [3.63, 3.8) is 0 Å². The molecule has 2 aromatic rings. The average molecular weight is 471 g/mol. The van der Waals surface area contributed by atoms with Crippen LogP contribution in [0, 0.1) is 12.8 Å². The van der Waals surface area contributed by atoms with E-state index in [1.165, 1.54) is 38.5 Å². The number of amides is 1. The minimum atomic E-state index is 0.0304. The molecule has 0 aromatic carbocycles. The Labute approximate surface area is 201 Å². The van der Waals surface area contributed by atoms with Crippen LogP contribution >= 0.6 is 11.3 Å². The van der Waals surface area contributed by atoms with E-state index in [9.17, 15) is 4.79 Å². The van der Waals surface area contributed by atoms with Crippen LogP contribution in [-0.4, -0.2) is 49.2 Å². The minimum absolute atomic E-state index is 0.0304. The van der Waals surface area contributed by atoms with E-state index in [-0.39, 0.29) is 17.9 Å². The third kappa shape index (κ3) is 4.74. The molecule has 180 valence electrons. The molecular formula is C25H38N6OS. The van der Waals surface area contributed by atoms with Crippen molar-refractivity contribution in [1.82, 2.24) is 30.0 Å². The summed E-state index contributed by atoms with van der Waals surface area (Å²) in [6.45, 7) is 7.54. The van der Waals surface area contributed by atoms with Crippen molar-refractivity contribution in [3.8, 4) is 0 Å². The van der Waals surface area contributed by atoms with Gasteiger partial charge in [-0.2, -0.15) is 0 Å². The summed E-state index contributed by atoms with van der Waals surface area (Å²) in [5.41, 5.74) is 0. The number of aryl methyl sites for hydroxylation is 1. The van der Waals surface area contributed by atoms with E-state index in [4.69, 9.17) is 0 Å². The fourth-order valence-corrected chi connectivity index (χ4v) is 7.20. The third-order valence-electron chi connectivity index (χ3n) is 8.10. The molecule has 5 rings (SSSR count). The Balaban J connectivity index is 1.24. The second-order valence-corrected chi connectivity index (χ2v) is 11.5. The predicted molar refractivity (Wildman–Crippen MR) is 130 cm³/mol. The number of fused-ring (bicyclic) bond motifs is 2. The number of thiazole rings is 1. The molecule has 0 unspecified atom stereocenters. The molecule has 0 radical (unpaired) electrons. The van der Waals surface area contributed by atoms with Gasteiger partial charge < -0.3 is 9.88 Å². The van der Waals surface area contributed by atoms with Crippen molar-refractivity contribution in [2.75, 3.05) is 6.54 Å². The van der Waals surface area contributed by atoms with Gasteiger partial charge in [-0.3, -0.25) is 9.69 Å². The Morgan fingerprint density at radius 1 is 1.12 bits per heavy atom. The summed E-state index contributed by atoms with van der Waals surface area (Å²) < 4.78 is 2.42. The van der Waals surface area contributed by atoms with Gasteiger partial charge >= 0.3 is 0 Å². The summed E-state index contributed by atoms with van der Waals surface area (Å²) in [4.78, 5) is 20.2. The van der Waals surface area contributed by atoms with Gasteiger partial charge in [0.25, 0.3) is 0 Å². The smallest absolute Gasteiger partial charge is 0.223 e. The summed E-state index contributed by atoms with van der Waals surface area (Å²) in [6, 6.07) is 1.75. The maximum atomic E-state index is 12.9.